The second-order valence-electron chi connectivity index (χ2n) is 6.68. The molecule has 2 fully saturated rings. The van der Waals surface area contributed by atoms with Gasteiger partial charge in [0.1, 0.15) is 0 Å². The van der Waals surface area contributed by atoms with E-state index in [2.05, 4.69) is 22.9 Å². The fraction of sp³-hybridized carbons (Fsp3) is 0.611. The van der Waals surface area contributed by atoms with Crippen molar-refractivity contribution < 1.29 is 4.79 Å². The maximum atomic E-state index is 12.6. The van der Waals surface area contributed by atoms with Crippen molar-refractivity contribution in [3.8, 4) is 0 Å². The molecule has 0 bridgehead atoms. The Hall–Kier alpha value is -1.26. The minimum atomic E-state index is 0.314. The molecule has 2 aliphatic heterocycles. The summed E-state index contributed by atoms with van der Waals surface area (Å²) in [5.41, 5.74) is 1.15. The normalized spacial score (nSPS) is 23.1. The summed E-state index contributed by atoms with van der Waals surface area (Å²) in [4.78, 5) is 19.3. The number of anilines is 1. The smallest absolute Gasteiger partial charge is 0.224 e. The van der Waals surface area contributed by atoms with Crippen LogP contribution in [0.2, 0.25) is 5.02 Å². The highest BCUT2D eigenvalue weighted by atomic mass is 35.5. The van der Waals surface area contributed by atoms with Gasteiger partial charge in [0.2, 0.25) is 5.91 Å². The molecule has 126 valence electrons. The van der Waals surface area contributed by atoms with Gasteiger partial charge in [0.15, 0.2) is 0 Å². The van der Waals surface area contributed by atoms with Gasteiger partial charge in [0.05, 0.1) is 0 Å². The van der Waals surface area contributed by atoms with Crippen LogP contribution >= 0.6 is 11.6 Å². The van der Waals surface area contributed by atoms with Crippen molar-refractivity contribution in [1.82, 2.24) is 9.80 Å². The summed E-state index contributed by atoms with van der Waals surface area (Å²) in [6.07, 6.45) is 4.35. The molecule has 0 N–H and O–H groups in total. The molecule has 0 saturated carbocycles. The molecule has 1 aromatic rings. The quantitative estimate of drug-likeness (QED) is 0.850. The van der Waals surface area contributed by atoms with Gasteiger partial charge in [-0.05, 0) is 44.6 Å². The maximum absolute atomic E-state index is 12.6. The largest absolute Gasteiger partial charge is 0.368 e. The van der Waals surface area contributed by atoms with Crippen LogP contribution in [-0.4, -0.2) is 61.5 Å². The first-order valence-electron chi connectivity index (χ1n) is 8.62. The first-order valence-corrected chi connectivity index (χ1v) is 9.00. The van der Waals surface area contributed by atoms with Crippen molar-refractivity contribution in [2.45, 2.75) is 31.7 Å². The van der Waals surface area contributed by atoms with Crippen LogP contribution in [0.3, 0.4) is 0 Å². The molecule has 3 rings (SSSR count). The van der Waals surface area contributed by atoms with Gasteiger partial charge in [-0.15, -0.1) is 0 Å². The van der Waals surface area contributed by atoms with Crippen molar-refractivity contribution in [1.29, 1.82) is 0 Å². The molecule has 1 aromatic carbocycles. The van der Waals surface area contributed by atoms with E-state index in [1.807, 2.05) is 23.1 Å². The van der Waals surface area contributed by atoms with Gasteiger partial charge in [-0.3, -0.25) is 4.79 Å². The highest BCUT2D eigenvalue weighted by molar-refractivity contribution is 6.30. The van der Waals surface area contributed by atoms with E-state index in [1.165, 1.54) is 12.8 Å². The number of carbonyl (C=O) groups excluding carboxylic acids is 1. The lowest BCUT2D eigenvalue weighted by Gasteiger charge is -2.38. The third-order valence-corrected chi connectivity index (χ3v) is 5.37. The van der Waals surface area contributed by atoms with Gasteiger partial charge in [-0.1, -0.05) is 24.1 Å². The Morgan fingerprint density at radius 1 is 1.17 bits per heavy atom. The Kier molecular flexibility index (Phi) is 5.44. The van der Waals surface area contributed by atoms with Gasteiger partial charge < -0.3 is 14.7 Å². The molecule has 23 heavy (non-hydrogen) atoms. The molecule has 0 aliphatic carbocycles. The van der Waals surface area contributed by atoms with E-state index in [0.29, 0.717) is 18.4 Å². The van der Waals surface area contributed by atoms with Gasteiger partial charge in [-0.2, -0.15) is 0 Å². The summed E-state index contributed by atoms with van der Waals surface area (Å²) >= 11 is 6.07. The van der Waals surface area contributed by atoms with E-state index < -0.39 is 0 Å². The fourth-order valence-electron chi connectivity index (χ4n) is 3.62. The van der Waals surface area contributed by atoms with Crippen molar-refractivity contribution in [3.05, 3.63) is 29.3 Å². The Bertz CT molecular complexity index is 543. The predicted octanol–water partition coefficient (Wildman–Crippen LogP) is 2.86. The molecular weight excluding hydrogens is 310 g/mol. The van der Waals surface area contributed by atoms with Gasteiger partial charge >= 0.3 is 0 Å². The molecular formula is C18H26ClN3O. The number of hydrogen-bond donors (Lipinski definition) is 0. The van der Waals surface area contributed by atoms with Crippen molar-refractivity contribution >= 4 is 23.2 Å². The number of likely N-dealkylation sites (tertiary alicyclic amines) is 1. The number of amides is 1. The van der Waals surface area contributed by atoms with Crippen LogP contribution in [0.15, 0.2) is 24.3 Å². The number of benzene rings is 1. The Morgan fingerprint density at radius 3 is 2.65 bits per heavy atom. The number of carbonyl (C=O) groups is 1. The summed E-state index contributed by atoms with van der Waals surface area (Å²) in [5.74, 6) is 0.314. The fourth-order valence-corrected chi connectivity index (χ4v) is 3.80. The lowest BCUT2D eigenvalue weighted by atomic mass is 9.99. The van der Waals surface area contributed by atoms with Crippen LogP contribution in [0.5, 0.6) is 0 Å². The molecule has 0 radical (unpaired) electrons. The minimum Gasteiger partial charge on any atom is -0.368 e. The van der Waals surface area contributed by atoms with E-state index in [9.17, 15) is 4.79 Å². The van der Waals surface area contributed by atoms with E-state index in [1.54, 1.807) is 0 Å². The zero-order valence-corrected chi connectivity index (χ0v) is 14.6. The lowest BCUT2D eigenvalue weighted by Crippen LogP contribution is -2.50. The summed E-state index contributed by atoms with van der Waals surface area (Å²) in [6, 6.07) is 8.39. The van der Waals surface area contributed by atoms with Crippen molar-refractivity contribution in [2.75, 3.05) is 44.7 Å². The van der Waals surface area contributed by atoms with Crippen molar-refractivity contribution in [2.24, 2.45) is 0 Å². The van der Waals surface area contributed by atoms with Gasteiger partial charge in [0.25, 0.3) is 0 Å². The molecule has 1 atom stereocenters. The molecule has 1 unspecified atom stereocenters. The molecule has 5 heteroatoms. The van der Waals surface area contributed by atoms with E-state index in [0.717, 1.165) is 49.9 Å². The Labute approximate surface area is 144 Å². The second kappa shape index (κ2) is 7.54. The average Bonchev–Trinajstić information content (AvgIpc) is 2.57. The van der Waals surface area contributed by atoms with E-state index in [-0.39, 0.29) is 0 Å². The molecule has 2 aliphatic rings. The average molecular weight is 336 g/mol. The maximum Gasteiger partial charge on any atom is 0.224 e. The summed E-state index contributed by atoms with van der Waals surface area (Å²) in [6.45, 7) is 4.50. The monoisotopic (exact) mass is 335 g/mol. The molecule has 0 aromatic heterocycles. The summed E-state index contributed by atoms with van der Waals surface area (Å²) < 4.78 is 0. The number of rotatable bonds is 3. The number of piperidine rings is 1. The molecule has 0 spiro atoms. The number of halogens is 1. The van der Waals surface area contributed by atoms with Crippen LogP contribution in [0, 0.1) is 0 Å². The Morgan fingerprint density at radius 2 is 1.96 bits per heavy atom. The summed E-state index contributed by atoms with van der Waals surface area (Å²) in [7, 11) is 2.15. The highest BCUT2D eigenvalue weighted by Crippen LogP contribution is 2.22. The summed E-state index contributed by atoms with van der Waals surface area (Å²) in [5, 5.41) is 0.765. The first kappa shape index (κ1) is 16.6. The number of piperazine rings is 1. The topological polar surface area (TPSA) is 26.8 Å². The molecule has 1 amide bonds. The Balaban J connectivity index is 1.51. The molecule has 2 heterocycles. The van der Waals surface area contributed by atoms with Crippen LogP contribution in [0.1, 0.15) is 25.7 Å². The molecule has 2 saturated heterocycles. The third kappa shape index (κ3) is 4.18. The van der Waals surface area contributed by atoms with Crippen LogP contribution in [0.4, 0.5) is 5.69 Å². The highest BCUT2D eigenvalue weighted by Gasteiger charge is 2.26. The van der Waals surface area contributed by atoms with Crippen LogP contribution in [-0.2, 0) is 4.79 Å². The SMILES string of the molecule is CN1CCCCC1CC(=O)N1CCN(c2cccc(Cl)c2)CC1. The molecule has 4 nitrogen and oxygen atoms in total. The van der Waals surface area contributed by atoms with Gasteiger partial charge in [0, 0.05) is 49.4 Å². The first-order chi connectivity index (χ1) is 11.1. The standard InChI is InChI=1S/C18H26ClN3O/c1-20-8-3-2-6-16(20)14-18(23)22-11-9-21(10-12-22)17-7-4-5-15(19)13-17/h4-5,7,13,16H,2-3,6,8-12,14H2,1H3. The third-order valence-electron chi connectivity index (χ3n) is 5.14. The minimum absolute atomic E-state index is 0.314. The van der Waals surface area contributed by atoms with Crippen LogP contribution in [0.25, 0.3) is 0 Å². The van der Waals surface area contributed by atoms with E-state index >= 15 is 0 Å². The zero-order valence-electron chi connectivity index (χ0n) is 13.9. The van der Waals surface area contributed by atoms with Gasteiger partial charge in [-0.25, -0.2) is 0 Å². The number of hydrogen-bond acceptors (Lipinski definition) is 3. The van der Waals surface area contributed by atoms with Crippen LogP contribution < -0.4 is 4.90 Å². The number of nitrogens with zero attached hydrogens (tertiary/aromatic N) is 3. The predicted molar refractivity (Wildman–Crippen MR) is 95.1 cm³/mol. The lowest BCUT2D eigenvalue weighted by molar-refractivity contribution is -0.133. The van der Waals surface area contributed by atoms with Crippen molar-refractivity contribution in [3.63, 3.8) is 0 Å². The van der Waals surface area contributed by atoms with E-state index in [4.69, 9.17) is 11.6 Å². The second-order valence-corrected chi connectivity index (χ2v) is 7.12. The zero-order chi connectivity index (χ0) is 16.2.